The molecule has 4 rings (SSSR count). The number of nitro groups is 1. The number of hydrogen-bond acceptors (Lipinski definition) is 6. The summed E-state index contributed by atoms with van der Waals surface area (Å²) in [5.74, 6) is 0.228. The topological polar surface area (TPSA) is 118 Å². The van der Waals surface area contributed by atoms with Gasteiger partial charge in [0.05, 0.1) is 31.9 Å². The standard InChI is InChI=1S/C17H13ClN6O3S/c1-9(15(25)19-13-8-10(24(26)27)6-7-11(13)18)28-17-22-21-16-20-12-4-2-3-5-14(12)23(16)17/h2-9H,1H3,(H,19,25)(H,20,21)/t9-/m0/s1. The number of carbonyl (C=O) groups excluding carboxylic acids is 1. The molecule has 0 fully saturated rings. The Balaban J connectivity index is 1.56. The summed E-state index contributed by atoms with van der Waals surface area (Å²) >= 11 is 7.28. The van der Waals surface area contributed by atoms with E-state index in [4.69, 9.17) is 11.6 Å². The Hall–Kier alpha value is -3.11. The first-order valence-corrected chi connectivity index (χ1v) is 9.43. The normalized spacial score (nSPS) is 12.4. The lowest BCUT2D eigenvalue weighted by atomic mass is 10.2. The number of halogens is 1. The largest absolute Gasteiger partial charge is 0.324 e. The highest BCUT2D eigenvalue weighted by Gasteiger charge is 2.21. The molecule has 0 aliphatic rings. The Morgan fingerprint density at radius 2 is 2.14 bits per heavy atom. The molecule has 2 aromatic carbocycles. The molecule has 0 unspecified atom stereocenters. The Morgan fingerprint density at radius 1 is 1.36 bits per heavy atom. The maximum atomic E-state index is 12.6. The predicted molar refractivity (Wildman–Crippen MR) is 107 cm³/mol. The van der Waals surface area contributed by atoms with E-state index in [-0.39, 0.29) is 22.3 Å². The number of benzene rings is 2. The van der Waals surface area contributed by atoms with Crippen LogP contribution in [0.25, 0.3) is 16.8 Å². The summed E-state index contributed by atoms with van der Waals surface area (Å²) in [7, 11) is 0. The minimum atomic E-state index is -0.547. The van der Waals surface area contributed by atoms with Gasteiger partial charge < -0.3 is 5.32 Å². The average Bonchev–Trinajstić information content (AvgIpc) is 3.23. The van der Waals surface area contributed by atoms with Gasteiger partial charge in [0.1, 0.15) is 0 Å². The van der Waals surface area contributed by atoms with Gasteiger partial charge in [0.2, 0.25) is 11.7 Å². The van der Waals surface area contributed by atoms with Crippen LogP contribution in [0.2, 0.25) is 5.02 Å². The molecule has 0 bridgehead atoms. The molecule has 1 amide bonds. The van der Waals surface area contributed by atoms with Crippen LogP contribution in [-0.2, 0) is 4.79 Å². The molecule has 11 heteroatoms. The second-order valence-electron chi connectivity index (χ2n) is 5.94. The molecule has 2 N–H and O–H groups in total. The van der Waals surface area contributed by atoms with Crippen LogP contribution in [0.15, 0.2) is 47.6 Å². The number of nitrogens with zero attached hydrogens (tertiary/aromatic N) is 4. The molecule has 1 atom stereocenters. The van der Waals surface area contributed by atoms with E-state index < -0.39 is 10.2 Å². The summed E-state index contributed by atoms with van der Waals surface area (Å²) in [6.45, 7) is 1.71. The summed E-state index contributed by atoms with van der Waals surface area (Å²) in [5, 5.41) is 20.9. The van der Waals surface area contributed by atoms with Crippen LogP contribution in [0.3, 0.4) is 0 Å². The minimum absolute atomic E-state index is 0.154. The lowest BCUT2D eigenvalue weighted by Gasteiger charge is -2.12. The molecule has 142 valence electrons. The summed E-state index contributed by atoms with van der Waals surface area (Å²) in [6.07, 6.45) is 0. The number of thioether (sulfide) groups is 1. The monoisotopic (exact) mass is 416 g/mol. The number of hydrogen-bond donors (Lipinski definition) is 2. The maximum absolute atomic E-state index is 12.6. The van der Waals surface area contributed by atoms with Gasteiger partial charge >= 0.3 is 0 Å². The van der Waals surface area contributed by atoms with Gasteiger partial charge in [-0.25, -0.2) is 10.1 Å². The number of non-ortho nitro benzene ring substituents is 1. The van der Waals surface area contributed by atoms with Crippen LogP contribution < -0.4 is 5.32 Å². The second-order valence-corrected chi connectivity index (χ2v) is 7.65. The van der Waals surface area contributed by atoms with Crippen molar-refractivity contribution in [3.63, 3.8) is 0 Å². The van der Waals surface area contributed by atoms with Crippen LogP contribution in [0, 0.1) is 10.1 Å². The Labute approximate surface area is 167 Å². The van der Waals surface area contributed by atoms with Crippen molar-refractivity contribution < 1.29 is 9.72 Å². The lowest BCUT2D eigenvalue weighted by molar-refractivity contribution is -0.384. The Bertz CT molecular complexity index is 1220. The molecule has 4 aromatic rings. The Kier molecular flexibility index (Phi) is 4.65. The van der Waals surface area contributed by atoms with E-state index in [1.165, 1.54) is 30.0 Å². The van der Waals surface area contributed by atoms with Crippen LogP contribution >= 0.6 is 23.4 Å². The van der Waals surface area contributed by atoms with Gasteiger partial charge in [-0.05, 0) is 25.1 Å². The van der Waals surface area contributed by atoms with Gasteiger partial charge in [-0.1, -0.05) is 35.5 Å². The van der Waals surface area contributed by atoms with E-state index in [1.807, 2.05) is 28.7 Å². The molecule has 28 heavy (non-hydrogen) atoms. The van der Waals surface area contributed by atoms with Gasteiger partial charge in [0.25, 0.3) is 5.69 Å². The van der Waals surface area contributed by atoms with E-state index in [1.54, 1.807) is 6.92 Å². The third-order valence-corrected chi connectivity index (χ3v) is 5.46. The van der Waals surface area contributed by atoms with Gasteiger partial charge in [0.15, 0.2) is 5.16 Å². The predicted octanol–water partition coefficient (Wildman–Crippen LogP) is 3.89. The fraction of sp³-hybridized carbons (Fsp3) is 0.118. The highest BCUT2D eigenvalue weighted by molar-refractivity contribution is 8.00. The summed E-state index contributed by atoms with van der Waals surface area (Å²) in [4.78, 5) is 27.4. The number of fused-ring (bicyclic) bond motifs is 3. The number of rotatable bonds is 5. The minimum Gasteiger partial charge on any atom is -0.324 e. The molecular weight excluding hydrogens is 404 g/mol. The number of carbonyl (C=O) groups is 1. The van der Waals surface area contributed by atoms with E-state index in [0.717, 1.165) is 11.0 Å². The number of imidazole rings is 1. The van der Waals surface area contributed by atoms with Crippen molar-refractivity contribution in [2.45, 2.75) is 17.3 Å². The highest BCUT2D eigenvalue weighted by Crippen LogP contribution is 2.29. The molecule has 0 saturated heterocycles. The molecule has 0 saturated carbocycles. The SMILES string of the molecule is C[C@H](Sc1n[nH]c2nc3ccccc3n12)C(=O)Nc1cc([N+](=O)[O-])ccc1Cl. The zero-order valence-corrected chi connectivity index (χ0v) is 16.0. The molecular formula is C17H13ClN6O3S. The van der Waals surface area contributed by atoms with Crippen molar-refractivity contribution in [1.82, 2.24) is 19.6 Å². The number of anilines is 1. The number of nitro benzene ring substituents is 1. The van der Waals surface area contributed by atoms with E-state index in [2.05, 4.69) is 20.5 Å². The van der Waals surface area contributed by atoms with Gasteiger partial charge in [-0.15, -0.1) is 5.10 Å². The number of H-pyrrole nitrogens is 1. The third kappa shape index (κ3) is 3.27. The third-order valence-electron chi connectivity index (χ3n) is 4.07. The van der Waals surface area contributed by atoms with Crippen LogP contribution in [0.5, 0.6) is 0 Å². The van der Waals surface area contributed by atoms with Gasteiger partial charge in [-0.2, -0.15) is 0 Å². The molecule has 0 aliphatic carbocycles. The van der Waals surface area contributed by atoms with Crippen molar-refractivity contribution in [1.29, 1.82) is 0 Å². The average molecular weight is 417 g/mol. The number of para-hydroxylation sites is 2. The van der Waals surface area contributed by atoms with Crippen molar-refractivity contribution in [3.8, 4) is 0 Å². The second kappa shape index (κ2) is 7.13. The first-order chi connectivity index (χ1) is 13.4. The summed E-state index contributed by atoms with van der Waals surface area (Å²) in [5.41, 5.74) is 1.73. The van der Waals surface area contributed by atoms with Crippen molar-refractivity contribution >= 4 is 57.5 Å². The fourth-order valence-corrected chi connectivity index (χ4v) is 3.73. The molecule has 0 aliphatic heterocycles. The lowest BCUT2D eigenvalue weighted by Crippen LogP contribution is -2.23. The summed E-state index contributed by atoms with van der Waals surface area (Å²) in [6, 6.07) is 11.5. The zero-order valence-electron chi connectivity index (χ0n) is 14.4. The van der Waals surface area contributed by atoms with Crippen molar-refractivity contribution in [2.75, 3.05) is 5.32 Å². The van der Waals surface area contributed by atoms with Crippen molar-refractivity contribution in [3.05, 3.63) is 57.6 Å². The van der Waals surface area contributed by atoms with Gasteiger partial charge in [-0.3, -0.25) is 19.3 Å². The van der Waals surface area contributed by atoms with E-state index in [9.17, 15) is 14.9 Å². The number of aromatic nitrogens is 4. The quantitative estimate of drug-likeness (QED) is 0.289. The maximum Gasteiger partial charge on any atom is 0.271 e. The number of nitrogens with one attached hydrogen (secondary N) is 2. The highest BCUT2D eigenvalue weighted by atomic mass is 35.5. The molecule has 2 heterocycles. The zero-order chi connectivity index (χ0) is 19.8. The van der Waals surface area contributed by atoms with E-state index >= 15 is 0 Å². The number of amides is 1. The fourth-order valence-electron chi connectivity index (χ4n) is 2.69. The van der Waals surface area contributed by atoms with Gasteiger partial charge in [0, 0.05) is 12.1 Å². The molecule has 0 spiro atoms. The molecule has 2 aromatic heterocycles. The van der Waals surface area contributed by atoms with Crippen LogP contribution in [0.1, 0.15) is 6.92 Å². The number of aromatic amines is 1. The van der Waals surface area contributed by atoms with Crippen LogP contribution in [-0.4, -0.2) is 35.7 Å². The molecule has 0 radical (unpaired) electrons. The van der Waals surface area contributed by atoms with Crippen LogP contribution in [0.4, 0.5) is 11.4 Å². The van der Waals surface area contributed by atoms with Crippen molar-refractivity contribution in [2.24, 2.45) is 0 Å². The smallest absolute Gasteiger partial charge is 0.271 e. The first-order valence-electron chi connectivity index (χ1n) is 8.17. The molecule has 9 nitrogen and oxygen atoms in total. The first kappa shape index (κ1) is 18.3. The Morgan fingerprint density at radius 3 is 2.93 bits per heavy atom. The summed E-state index contributed by atoms with van der Waals surface area (Å²) < 4.78 is 1.84. The van der Waals surface area contributed by atoms with E-state index in [0.29, 0.717) is 10.9 Å².